The first kappa shape index (κ1) is 22.2. The van der Waals surface area contributed by atoms with Crippen molar-refractivity contribution in [1.82, 2.24) is 10.2 Å². The van der Waals surface area contributed by atoms with E-state index in [1.807, 2.05) is 6.92 Å². The molecule has 0 bridgehead atoms. The second-order valence-corrected chi connectivity index (χ2v) is 6.21. The minimum Gasteiger partial charge on any atom is -0.466 e. The van der Waals surface area contributed by atoms with Gasteiger partial charge < -0.3 is 19.7 Å². The predicted octanol–water partition coefficient (Wildman–Crippen LogP) is 2.58. The molecule has 1 saturated heterocycles. The maximum atomic E-state index is 12.0. The molecule has 0 aromatic heterocycles. The van der Waals surface area contributed by atoms with Crippen molar-refractivity contribution in [2.24, 2.45) is 10.9 Å². The van der Waals surface area contributed by atoms with E-state index in [-0.39, 0.29) is 35.9 Å². The number of aliphatic imine (C=N–C) groups is 1. The van der Waals surface area contributed by atoms with Crippen LogP contribution in [-0.4, -0.2) is 62.8 Å². The molecule has 0 aliphatic carbocycles. The molecule has 2 heterocycles. The molecular weight excluding hydrogens is 433 g/mol. The number of esters is 1. The van der Waals surface area contributed by atoms with Gasteiger partial charge in [0, 0.05) is 26.2 Å². The Bertz CT molecular complexity index is 468. The van der Waals surface area contributed by atoms with Crippen molar-refractivity contribution in [2.45, 2.75) is 39.5 Å². The molecule has 144 valence electrons. The zero-order valence-electron chi connectivity index (χ0n) is 15.5. The molecule has 1 atom stereocenters. The topological polar surface area (TPSA) is 63.2 Å². The fraction of sp³-hybridized carbons (Fsp3) is 0.778. The van der Waals surface area contributed by atoms with Crippen LogP contribution in [0.3, 0.4) is 0 Å². The van der Waals surface area contributed by atoms with Crippen molar-refractivity contribution in [2.75, 3.05) is 46.0 Å². The number of halogens is 1. The van der Waals surface area contributed by atoms with Gasteiger partial charge in [-0.15, -0.1) is 24.0 Å². The highest BCUT2D eigenvalue weighted by Gasteiger charge is 2.28. The number of rotatable bonds is 6. The van der Waals surface area contributed by atoms with Crippen LogP contribution in [-0.2, 0) is 14.3 Å². The van der Waals surface area contributed by atoms with Crippen LogP contribution in [0.1, 0.15) is 39.5 Å². The molecule has 0 aromatic rings. The summed E-state index contributed by atoms with van der Waals surface area (Å²) in [4.78, 5) is 19.0. The number of ether oxygens (including phenoxy) is 2. The summed E-state index contributed by atoms with van der Waals surface area (Å²) in [5.41, 5.74) is 1.43. The first-order valence-corrected chi connectivity index (χ1v) is 9.20. The molecule has 1 N–H and O–H groups in total. The zero-order chi connectivity index (χ0) is 17.2. The molecule has 2 aliphatic heterocycles. The van der Waals surface area contributed by atoms with Gasteiger partial charge in [-0.05, 0) is 39.5 Å². The van der Waals surface area contributed by atoms with Crippen molar-refractivity contribution in [3.05, 3.63) is 11.6 Å². The third-order valence-electron chi connectivity index (χ3n) is 4.43. The quantitative estimate of drug-likeness (QED) is 0.215. The summed E-state index contributed by atoms with van der Waals surface area (Å²) >= 11 is 0. The Morgan fingerprint density at radius 2 is 2.32 bits per heavy atom. The van der Waals surface area contributed by atoms with Crippen LogP contribution in [0.25, 0.3) is 0 Å². The molecule has 6 nitrogen and oxygen atoms in total. The molecule has 0 saturated carbocycles. The second-order valence-electron chi connectivity index (χ2n) is 6.21. The fourth-order valence-corrected chi connectivity index (χ4v) is 3.15. The zero-order valence-corrected chi connectivity index (χ0v) is 17.8. The maximum absolute atomic E-state index is 12.0. The van der Waals surface area contributed by atoms with Gasteiger partial charge in [-0.3, -0.25) is 9.79 Å². The number of hydrogen-bond acceptors (Lipinski definition) is 4. The second kappa shape index (κ2) is 12.5. The van der Waals surface area contributed by atoms with Crippen LogP contribution in [0, 0.1) is 5.92 Å². The Labute approximate surface area is 168 Å². The lowest BCUT2D eigenvalue weighted by Crippen LogP contribution is -2.48. The average Bonchev–Trinajstić information content (AvgIpc) is 2.62. The first-order chi connectivity index (χ1) is 11.7. The number of hydrogen-bond donors (Lipinski definition) is 1. The number of nitrogens with zero attached hydrogens (tertiary/aromatic N) is 2. The Hall–Kier alpha value is -0.830. The molecule has 1 unspecified atom stereocenters. The smallest absolute Gasteiger partial charge is 0.310 e. The fourth-order valence-electron chi connectivity index (χ4n) is 3.15. The molecule has 0 radical (unpaired) electrons. The van der Waals surface area contributed by atoms with Crippen LogP contribution in [0.4, 0.5) is 0 Å². The van der Waals surface area contributed by atoms with E-state index in [1.54, 1.807) is 0 Å². The van der Waals surface area contributed by atoms with Gasteiger partial charge in [0.05, 0.1) is 25.7 Å². The highest BCUT2D eigenvalue weighted by atomic mass is 127. The van der Waals surface area contributed by atoms with E-state index in [0.717, 1.165) is 64.5 Å². The summed E-state index contributed by atoms with van der Waals surface area (Å²) in [5, 5.41) is 3.36. The highest BCUT2D eigenvalue weighted by Crippen LogP contribution is 2.18. The van der Waals surface area contributed by atoms with Crippen molar-refractivity contribution < 1.29 is 14.3 Å². The SMILES string of the molecule is CCNC(=NCCC1=CCOCC1)N1CCCC(C(=O)OCC)C1.I. The van der Waals surface area contributed by atoms with Crippen molar-refractivity contribution in [3.8, 4) is 0 Å². The van der Waals surface area contributed by atoms with Crippen molar-refractivity contribution >= 4 is 35.9 Å². The Balaban J connectivity index is 0.00000312. The van der Waals surface area contributed by atoms with Gasteiger partial charge in [-0.2, -0.15) is 0 Å². The number of guanidine groups is 1. The number of carbonyl (C=O) groups is 1. The monoisotopic (exact) mass is 465 g/mol. The predicted molar refractivity (Wildman–Crippen MR) is 110 cm³/mol. The maximum Gasteiger partial charge on any atom is 0.310 e. The normalized spacial score (nSPS) is 21.2. The number of carbonyl (C=O) groups excluding carboxylic acids is 1. The molecule has 0 spiro atoms. The van der Waals surface area contributed by atoms with Gasteiger partial charge in [0.1, 0.15) is 0 Å². The lowest BCUT2D eigenvalue weighted by atomic mass is 9.98. The first-order valence-electron chi connectivity index (χ1n) is 9.20. The largest absolute Gasteiger partial charge is 0.466 e. The summed E-state index contributed by atoms with van der Waals surface area (Å²) in [6, 6.07) is 0. The minimum atomic E-state index is -0.0783. The number of likely N-dealkylation sites (tertiary alicyclic amines) is 1. The summed E-state index contributed by atoms with van der Waals surface area (Å²) in [7, 11) is 0. The Morgan fingerprint density at radius 1 is 1.48 bits per heavy atom. The average molecular weight is 465 g/mol. The van der Waals surface area contributed by atoms with E-state index in [0.29, 0.717) is 13.2 Å². The molecule has 25 heavy (non-hydrogen) atoms. The van der Waals surface area contributed by atoms with Gasteiger partial charge >= 0.3 is 5.97 Å². The van der Waals surface area contributed by atoms with Crippen LogP contribution in [0.2, 0.25) is 0 Å². The van der Waals surface area contributed by atoms with Crippen molar-refractivity contribution in [1.29, 1.82) is 0 Å². The summed E-state index contributed by atoms with van der Waals surface area (Å²) < 4.78 is 10.5. The molecule has 2 aliphatic rings. The van der Waals surface area contributed by atoms with Gasteiger partial charge in [0.25, 0.3) is 0 Å². The lowest BCUT2D eigenvalue weighted by Gasteiger charge is -2.34. The molecule has 0 amide bonds. The third kappa shape index (κ3) is 7.52. The van der Waals surface area contributed by atoms with Crippen LogP contribution >= 0.6 is 24.0 Å². The Morgan fingerprint density at radius 3 is 3.00 bits per heavy atom. The highest BCUT2D eigenvalue weighted by molar-refractivity contribution is 14.0. The van der Waals surface area contributed by atoms with E-state index in [1.165, 1.54) is 5.57 Å². The summed E-state index contributed by atoms with van der Waals surface area (Å²) in [6.07, 6.45) is 6.07. The van der Waals surface area contributed by atoms with E-state index in [2.05, 4.69) is 23.2 Å². The van der Waals surface area contributed by atoms with E-state index < -0.39 is 0 Å². The minimum absolute atomic E-state index is 0. The standard InChI is InChI=1S/C18H31N3O3.HI/c1-3-19-18(20-10-7-15-8-12-23-13-9-15)21-11-5-6-16(14-21)17(22)24-4-2;/h8,16H,3-7,9-14H2,1-2H3,(H,19,20);1H. The van der Waals surface area contributed by atoms with E-state index in [9.17, 15) is 4.79 Å². The van der Waals surface area contributed by atoms with Crippen LogP contribution < -0.4 is 5.32 Å². The number of piperidine rings is 1. The van der Waals surface area contributed by atoms with Crippen LogP contribution in [0.5, 0.6) is 0 Å². The van der Waals surface area contributed by atoms with Crippen molar-refractivity contribution in [3.63, 3.8) is 0 Å². The van der Waals surface area contributed by atoms with E-state index >= 15 is 0 Å². The van der Waals surface area contributed by atoms with E-state index in [4.69, 9.17) is 14.5 Å². The summed E-state index contributed by atoms with van der Waals surface area (Å²) in [6.45, 7) is 9.17. The molecule has 1 fully saturated rings. The van der Waals surface area contributed by atoms with Gasteiger partial charge in [-0.25, -0.2) is 0 Å². The van der Waals surface area contributed by atoms with Gasteiger partial charge in [0.15, 0.2) is 5.96 Å². The van der Waals surface area contributed by atoms with Gasteiger partial charge in [-0.1, -0.05) is 11.6 Å². The molecule has 2 rings (SSSR count). The van der Waals surface area contributed by atoms with Crippen LogP contribution in [0.15, 0.2) is 16.6 Å². The number of nitrogens with one attached hydrogen (secondary N) is 1. The molecule has 7 heteroatoms. The summed E-state index contributed by atoms with van der Waals surface area (Å²) in [5.74, 6) is 0.797. The lowest BCUT2D eigenvalue weighted by molar-refractivity contribution is -0.149. The third-order valence-corrected chi connectivity index (χ3v) is 4.43. The Kier molecular flexibility index (Phi) is 11.1. The van der Waals surface area contributed by atoms with Gasteiger partial charge in [0.2, 0.25) is 0 Å². The molecule has 0 aromatic carbocycles. The molecular formula is C18H32IN3O3.